The highest BCUT2D eigenvalue weighted by molar-refractivity contribution is 9.10. The quantitative estimate of drug-likeness (QED) is 0.686. The standard InChI is InChI=1S/C15H22BrN3O2/c1-9(2)6-14(21)18-5-4-13(20)19-12-8-11(16)7-10(3)15(12)17/h7-9H,4-6,17H2,1-3H3,(H,18,21)(H,19,20). The van der Waals surface area contributed by atoms with Gasteiger partial charge in [-0.05, 0) is 30.5 Å². The van der Waals surface area contributed by atoms with Gasteiger partial charge in [0.15, 0.2) is 0 Å². The van der Waals surface area contributed by atoms with Crippen LogP contribution in [0.4, 0.5) is 11.4 Å². The maximum absolute atomic E-state index is 11.9. The number of hydrogen-bond donors (Lipinski definition) is 3. The fourth-order valence-electron chi connectivity index (χ4n) is 1.83. The highest BCUT2D eigenvalue weighted by atomic mass is 79.9. The van der Waals surface area contributed by atoms with Crippen LogP contribution in [0.15, 0.2) is 16.6 Å². The van der Waals surface area contributed by atoms with Crippen molar-refractivity contribution in [2.45, 2.75) is 33.6 Å². The Kier molecular flexibility index (Phi) is 6.68. The van der Waals surface area contributed by atoms with Crippen molar-refractivity contribution in [2.24, 2.45) is 5.92 Å². The Morgan fingerprint density at radius 1 is 1.29 bits per heavy atom. The number of benzene rings is 1. The van der Waals surface area contributed by atoms with Crippen LogP contribution in [0.2, 0.25) is 0 Å². The number of rotatable bonds is 6. The van der Waals surface area contributed by atoms with Gasteiger partial charge in [-0.25, -0.2) is 0 Å². The Balaban J connectivity index is 2.46. The molecule has 4 N–H and O–H groups in total. The molecule has 0 aliphatic heterocycles. The van der Waals surface area contributed by atoms with Gasteiger partial charge in [-0.2, -0.15) is 0 Å². The van der Waals surface area contributed by atoms with Crippen LogP contribution in [0.25, 0.3) is 0 Å². The molecule has 2 amide bonds. The summed E-state index contributed by atoms with van der Waals surface area (Å²) in [4.78, 5) is 23.3. The predicted octanol–water partition coefficient (Wildman–Crippen LogP) is 2.83. The lowest BCUT2D eigenvalue weighted by Gasteiger charge is -2.11. The summed E-state index contributed by atoms with van der Waals surface area (Å²) in [5.41, 5.74) is 7.95. The lowest BCUT2D eigenvalue weighted by Crippen LogP contribution is -2.28. The Morgan fingerprint density at radius 2 is 1.95 bits per heavy atom. The summed E-state index contributed by atoms with van der Waals surface area (Å²) in [5, 5.41) is 5.49. The smallest absolute Gasteiger partial charge is 0.226 e. The summed E-state index contributed by atoms with van der Waals surface area (Å²) in [7, 11) is 0. The minimum Gasteiger partial charge on any atom is -0.397 e. The maximum atomic E-state index is 11.9. The first-order chi connectivity index (χ1) is 9.79. The minimum atomic E-state index is -0.177. The van der Waals surface area contributed by atoms with E-state index < -0.39 is 0 Å². The largest absolute Gasteiger partial charge is 0.397 e. The van der Waals surface area contributed by atoms with E-state index in [4.69, 9.17) is 5.73 Å². The van der Waals surface area contributed by atoms with Gasteiger partial charge < -0.3 is 16.4 Å². The van der Waals surface area contributed by atoms with E-state index in [0.29, 0.717) is 30.3 Å². The second-order valence-corrected chi connectivity index (χ2v) is 6.35. The molecule has 5 nitrogen and oxygen atoms in total. The Hall–Kier alpha value is -1.56. The third-order valence-corrected chi connectivity index (χ3v) is 3.35. The molecule has 0 aliphatic carbocycles. The van der Waals surface area contributed by atoms with Gasteiger partial charge in [0.2, 0.25) is 11.8 Å². The van der Waals surface area contributed by atoms with Gasteiger partial charge in [0.1, 0.15) is 0 Å². The zero-order valence-corrected chi connectivity index (χ0v) is 14.2. The van der Waals surface area contributed by atoms with Gasteiger partial charge in [-0.15, -0.1) is 0 Å². The van der Waals surface area contributed by atoms with Gasteiger partial charge in [0.05, 0.1) is 11.4 Å². The first kappa shape index (κ1) is 17.5. The maximum Gasteiger partial charge on any atom is 0.226 e. The molecule has 6 heteroatoms. The lowest BCUT2D eigenvalue weighted by molar-refractivity contribution is -0.121. The number of halogens is 1. The fourth-order valence-corrected chi connectivity index (χ4v) is 2.40. The summed E-state index contributed by atoms with van der Waals surface area (Å²) in [6.45, 7) is 6.15. The molecule has 0 fully saturated rings. The number of nitrogens with two attached hydrogens (primary N) is 1. The number of hydrogen-bond acceptors (Lipinski definition) is 3. The van der Waals surface area contributed by atoms with E-state index >= 15 is 0 Å². The molecule has 0 radical (unpaired) electrons. The van der Waals surface area contributed by atoms with E-state index in [-0.39, 0.29) is 18.2 Å². The van der Waals surface area contributed by atoms with Crippen LogP contribution in [-0.4, -0.2) is 18.4 Å². The van der Waals surface area contributed by atoms with Crippen molar-refractivity contribution in [3.8, 4) is 0 Å². The Labute approximate surface area is 133 Å². The third kappa shape index (κ3) is 6.16. The van der Waals surface area contributed by atoms with E-state index in [0.717, 1.165) is 10.0 Å². The first-order valence-corrected chi connectivity index (χ1v) is 7.71. The molecule has 1 rings (SSSR count). The second kappa shape index (κ2) is 8.02. The molecule has 0 aliphatic rings. The average Bonchev–Trinajstić information content (AvgIpc) is 2.34. The van der Waals surface area contributed by atoms with Crippen LogP contribution in [0, 0.1) is 12.8 Å². The van der Waals surface area contributed by atoms with Gasteiger partial charge >= 0.3 is 0 Å². The Bertz CT molecular complexity index is 530. The summed E-state index contributed by atoms with van der Waals surface area (Å²) in [6, 6.07) is 3.65. The van der Waals surface area contributed by atoms with E-state index in [2.05, 4.69) is 26.6 Å². The third-order valence-electron chi connectivity index (χ3n) is 2.89. The van der Waals surface area contributed by atoms with Crippen LogP contribution in [0.1, 0.15) is 32.3 Å². The molecule has 1 aromatic carbocycles. The highest BCUT2D eigenvalue weighted by Crippen LogP contribution is 2.27. The van der Waals surface area contributed by atoms with Crippen LogP contribution in [-0.2, 0) is 9.59 Å². The van der Waals surface area contributed by atoms with E-state index in [9.17, 15) is 9.59 Å². The number of carbonyl (C=O) groups excluding carboxylic acids is 2. The molecule has 0 heterocycles. The normalized spacial score (nSPS) is 10.5. The summed E-state index contributed by atoms with van der Waals surface area (Å²) >= 11 is 3.37. The number of nitrogens with one attached hydrogen (secondary N) is 2. The Morgan fingerprint density at radius 3 is 2.57 bits per heavy atom. The van der Waals surface area contributed by atoms with Crippen molar-refractivity contribution >= 4 is 39.1 Å². The van der Waals surface area contributed by atoms with Crippen LogP contribution in [0.3, 0.4) is 0 Å². The number of anilines is 2. The molecule has 21 heavy (non-hydrogen) atoms. The van der Waals surface area contributed by atoms with Crippen LogP contribution >= 0.6 is 15.9 Å². The molecular formula is C15H22BrN3O2. The molecule has 0 aromatic heterocycles. The first-order valence-electron chi connectivity index (χ1n) is 6.91. The molecular weight excluding hydrogens is 334 g/mol. The van der Waals surface area contributed by atoms with E-state index in [1.807, 2.05) is 26.8 Å². The van der Waals surface area contributed by atoms with Crippen LogP contribution < -0.4 is 16.4 Å². The average molecular weight is 356 g/mol. The zero-order chi connectivity index (χ0) is 16.0. The van der Waals surface area contributed by atoms with Crippen molar-refractivity contribution in [1.82, 2.24) is 5.32 Å². The van der Waals surface area contributed by atoms with Crippen LogP contribution in [0.5, 0.6) is 0 Å². The molecule has 0 atom stereocenters. The SMILES string of the molecule is Cc1cc(Br)cc(NC(=O)CCNC(=O)CC(C)C)c1N. The van der Waals surface area contributed by atoms with Crippen molar-refractivity contribution in [3.05, 3.63) is 22.2 Å². The van der Waals surface area contributed by atoms with Crippen molar-refractivity contribution in [2.75, 3.05) is 17.6 Å². The molecule has 1 aromatic rings. The summed E-state index contributed by atoms with van der Waals surface area (Å²) in [6.07, 6.45) is 0.689. The topological polar surface area (TPSA) is 84.2 Å². The zero-order valence-electron chi connectivity index (χ0n) is 12.6. The van der Waals surface area contributed by atoms with E-state index in [1.54, 1.807) is 6.07 Å². The van der Waals surface area contributed by atoms with Gasteiger partial charge in [0, 0.05) is 23.9 Å². The number of aryl methyl sites for hydroxylation is 1. The second-order valence-electron chi connectivity index (χ2n) is 5.43. The van der Waals surface area contributed by atoms with Crippen molar-refractivity contribution in [3.63, 3.8) is 0 Å². The van der Waals surface area contributed by atoms with E-state index in [1.165, 1.54) is 0 Å². The predicted molar refractivity (Wildman–Crippen MR) is 89.0 cm³/mol. The van der Waals surface area contributed by atoms with Crippen molar-refractivity contribution in [1.29, 1.82) is 0 Å². The molecule has 0 saturated heterocycles. The lowest BCUT2D eigenvalue weighted by atomic mass is 10.1. The number of nitrogen functional groups attached to an aromatic ring is 1. The summed E-state index contributed by atoms with van der Waals surface area (Å²) < 4.78 is 0.856. The molecule has 116 valence electrons. The number of carbonyl (C=O) groups is 2. The molecule has 0 spiro atoms. The fraction of sp³-hybridized carbons (Fsp3) is 0.467. The molecule has 0 bridgehead atoms. The minimum absolute atomic E-state index is 0.0318. The van der Waals surface area contributed by atoms with Crippen molar-refractivity contribution < 1.29 is 9.59 Å². The molecule has 0 saturated carbocycles. The van der Waals surface area contributed by atoms with Gasteiger partial charge in [0.25, 0.3) is 0 Å². The molecule has 0 unspecified atom stereocenters. The van der Waals surface area contributed by atoms with Gasteiger partial charge in [-0.1, -0.05) is 29.8 Å². The highest BCUT2D eigenvalue weighted by Gasteiger charge is 2.09. The monoisotopic (exact) mass is 355 g/mol. The van der Waals surface area contributed by atoms with Gasteiger partial charge in [-0.3, -0.25) is 9.59 Å². The summed E-state index contributed by atoms with van der Waals surface area (Å²) in [5.74, 6) is 0.0999. The number of amides is 2.